The maximum Gasteiger partial charge on any atom is 0.415 e. The van der Waals surface area contributed by atoms with E-state index in [0.717, 1.165) is 5.56 Å². The van der Waals surface area contributed by atoms with Crippen LogP contribution in [0, 0.1) is 11.7 Å². The van der Waals surface area contributed by atoms with Gasteiger partial charge >= 0.3 is 6.09 Å². The highest BCUT2D eigenvalue weighted by Crippen LogP contribution is 2.39. The van der Waals surface area contributed by atoms with Gasteiger partial charge < -0.3 is 14.5 Å². The summed E-state index contributed by atoms with van der Waals surface area (Å²) in [5.74, 6) is -3.76. The first-order valence-corrected chi connectivity index (χ1v) is 11.6. The number of hydrogen-bond acceptors (Lipinski definition) is 3. The van der Waals surface area contributed by atoms with Crippen molar-refractivity contribution in [1.29, 1.82) is 0 Å². The normalized spacial score (nSPS) is 22.4. The average Bonchev–Trinajstić information content (AvgIpc) is 3.25. The van der Waals surface area contributed by atoms with Crippen molar-refractivity contribution >= 4 is 23.6 Å². The molecule has 5 nitrogen and oxygen atoms in total. The summed E-state index contributed by atoms with van der Waals surface area (Å²) in [5.41, 5.74) is 0.904. The number of nitrogens with zero attached hydrogens (tertiary/aromatic N) is 2. The van der Waals surface area contributed by atoms with Crippen LogP contribution in [-0.2, 0) is 4.79 Å². The smallest absolute Gasteiger partial charge is 0.410 e. The Hall–Kier alpha value is -2.74. The molecule has 182 valence electrons. The van der Waals surface area contributed by atoms with Crippen molar-refractivity contribution in [3.8, 4) is 5.75 Å². The molecule has 1 heterocycles. The van der Waals surface area contributed by atoms with Crippen LogP contribution in [0.4, 0.5) is 18.0 Å². The molecule has 0 unspecified atom stereocenters. The molecule has 2 fully saturated rings. The lowest BCUT2D eigenvalue weighted by molar-refractivity contribution is -0.138. The Bertz CT molecular complexity index is 1020. The summed E-state index contributed by atoms with van der Waals surface area (Å²) in [6.07, 6.45) is -0.902. The molecule has 2 amide bonds. The largest absolute Gasteiger partial charge is 0.415 e. The van der Waals surface area contributed by atoms with Crippen molar-refractivity contribution in [2.24, 2.45) is 5.92 Å². The van der Waals surface area contributed by atoms with Gasteiger partial charge in [-0.3, -0.25) is 4.79 Å². The van der Waals surface area contributed by atoms with E-state index < -0.39 is 29.8 Å². The fourth-order valence-corrected chi connectivity index (χ4v) is 4.88. The zero-order valence-corrected chi connectivity index (χ0v) is 19.5. The minimum absolute atomic E-state index is 0.154. The number of carbonyl (C=O) groups is 2. The Labute approximate surface area is 201 Å². The van der Waals surface area contributed by atoms with Crippen LogP contribution in [0.5, 0.6) is 5.75 Å². The summed E-state index contributed by atoms with van der Waals surface area (Å²) >= 11 is 6.04. The van der Waals surface area contributed by atoms with E-state index >= 15 is 0 Å². The number of amides is 2. The second-order valence-corrected chi connectivity index (χ2v) is 9.47. The number of likely N-dealkylation sites (tertiary alicyclic amines) is 1. The number of carbonyl (C=O) groups excluding carboxylic acids is 2. The molecule has 4 rings (SSSR count). The molecule has 0 spiro atoms. The van der Waals surface area contributed by atoms with Gasteiger partial charge in [0.15, 0.2) is 0 Å². The van der Waals surface area contributed by atoms with Gasteiger partial charge in [-0.1, -0.05) is 23.7 Å². The van der Waals surface area contributed by atoms with Gasteiger partial charge in [0.1, 0.15) is 11.6 Å². The molecule has 9 heteroatoms. The summed E-state index contributed by atoms with van der Waals surface area (Å²) in [4.78, 5) is 29.2. The second kappa shape index (κ2) is 9.86. The molecule has 0 N–H and O–H groups in total. The van der Waals surface area contributed by atoms with Gasteiger partial charge in [-0.25, -0.2) is 18.0 Å². The molecular formula is C25H26ClF3N2O3. The topological polar surface area (TPSA) is 49.9 Å². The lowest BCUT2D eigenvalue weighted by Gasteiger charge is -2.30. The van der Waals surface area contributed by atoms with E-state index in [1.165, 1.54) is 29.2 Å². The second-order valence-electron chi connectivity index (χ2n) is 9.03. The Morgan fingerprint density at radius 2 is 1.65 bits per heavy atom. The van der Waals surface area contributed by atoms with Gasteiger partial charge in [-0.05, 0) is 54.8 Å². The van der Waals surface area contributed by atoms with E-state index in [4.69, 9.17) is 16.3 Å². The number of halogens is 4. The standard InChI is InChI=1S/C25H26ClF3N2O3/c1-30(24(33)34-20-8-6-19(27)7-9-20)22-15-31(14-21(22)16-2-4-18(26)5-3-16)23(32)17-10-12-25(28,29)13-11-17/h2-9,17,21-22H,10-15H2,1H3/t21-,22+/m0/s1. The minimum atomic E-state index is -2.71. The van der Waals surface area contributed by atoms with Crippen LogP contribution in [0.15, 0.2) is 48.5 Å². The Morgan fingerprint density at radius 3 is 2.26 bits per heavy atom. The predicted molar refractivity (Wildman–Crippen MR) is 122 cm³/mol. The third-order valence-corrected chi connectivity index (χ3v) is 7.02. The van der Waals surface area contributed by atoms with Crippen LogP contribution in [0.2, 0.25) is 5.02 Å². The first kappa shape index (κ1) is 24.4. The number of hydrogen-bond donors (Lipinski definition) is 0. The van der Waals surface area contributed by atoms with Crippen molar-refractivity contribution < 1.29 is 27.5 Å². The van der Waals surface area contributed by atoms with Crippen LogP contribution >= 0.6 is 11.6 Å². The third kappa shape index (κ3) is 5.49. The summed E-state index contributed by atoms with van der Waals surface area (Å²) < 4.78 is 45.7. The van der Waals surface area contributed by atoms with Crippen molar-refractivity contribution in [2.45, 2.75) is 43.6 Å². The number of rotatable bonds is 4. The number of ether oxygens (including phenoxy) is 1. The number of benzene rings is 2. The highest BCUT2D eigenvalue weighted by Gasteiger charge is 2.44. The summed E-state index contributed by atoms with van der Waals surface area (Å²) in [6, 6.07) is 11.9. The van der Waals surface area contributed by atoms with Crippen LogP contribution < -0.4 is 4.74 Å². The fourth-order valence-electron chi connectivity index (χ4n) is 4.75. The number of alkyl halides is 2. The molecule has 0 radical (unpaired) electrons. The molecule has 2 atom stereocenters. The van der Waals surface area contributed by atoms with E-state index in [1.54, 1.807) is 24.1 Å². The zero-order chi connectivity index (χ0) is 24.5. The lowest BCUT2D eigenvalue weighted by Crippen LogP contribution is -2.44. The highest BCUT2D eigenvalue weighted by atomic mass is 35.5. The molecule has 1 saturated heterocycles. The van der Waals surface area contributed by atoms with Gasteiger partial charge in [0.05, 0.1) is 6.04 Å². The van der Waals surface area contributed by atoms with Gasteiger partial charge in [0, 0.05) is 49.8 Å². The van der Waals surface area contributed by atoms with Crippen LogP contribution in [0.25, 0.3) is 0 Å². The van der Waals surface area contributed by atoms with E-state index in [9.17, 15) is 22.8 Å². The van der Waals surface area contributed by atoms with Gasteiger partial charge in [-0.15, -0.1) is 0 Å². The quantitative estimate of drug-likeness (QED) is 0.545. The Balaban J connectivity index is 1.51. The first-order valence-electron chi connectivity index (χ1n) is 11.3. The van der Waals surface area contributed by atoms with Crippen molar-refractivity contribution in [2.75, 3.05) is 20.1 Å². The average molecular weight is 495 g/mol. The molecule has 1 aliphatic heterocycles. The third-order valence-electron chi connectivity index (χ3n) is 6.77. The van der Waals surface area contributed by atoms with Crippen LogP contribution in [-0.4, -0.2) is 53.9 Å². The Morgan fingerprint density at radius 1 is 1.03 bits per heavy atom. The van der Waals surface area contributed by atoms with Gasteiger partial charge in [0.2, 0.25) is 11.8 Å². The first-order chi connectivity index (χ1) is 16.1. The molecule has 2 aromatic rings. The van der Waals surface area contributed by atoms with Crippen molar-refractivity contribution in [3.05, 3.63) is 64.9 Å². The molecular weight excluding hydrogens is 469 g/mol. The van der Waals surface area contributed by atoms with Gasteiger partial charge in [-0.2, -0.15) is 0 Å². The van der Waals surface area contributed by atoms with Crippen molar-refractivity contribution in [1.82, 2.24) is 9.80 Å². The molecule has 2 aliphatic rings. The van der Waals surface area contributed by atoms with Crippen LogP contribution in [0.1, 0.15) is 37.2 Å². The molecule has 0 aromatic heterocycles. The monoisotopic (exact) mass is 494 g/mol. The fraction of sp³-hybridized carbons (Fsp3) is 0.440. The zero-order valence-electron chi connectivity index (χ0n) is 18.7. The lowest BCUT2D eigenvalue weighted by atomic mass is 9.86. The molecule has 0 bridgehead atoms. The Kier molecular flexibility index (Phi) is 7.07. The summed E-state index contributed by atoms with van der Waals surface area (Å²) in [5, 5.41) is 0.568. The maximum absolute atomic E-state index is 13.6. The van der Waals surface area contributed by atoms with E-state index in [0.29, 0.717) is 11.6 Å². The van der Waals surface area contributed by atoms with Crippen molar-refractivity contribution in [3.63, 3.8) is 0 Å². The molecule has 1 saturated carbocycles. The molecule has 34 heavy (non-hydrogen) atoms. The SMILES string of the molecule is CN(C(=O)Oc1ccc(F)cc1)[C@@H]1CN(C(=O)C2CCC(F)(F)CC2)C[C@H]1c1ccc(Cl)cc1. The summed E-state index contributed by atoms with van der Waals surface area (Å²) in [6.45, 7) is 0.611. The molecule has 1 aliphatic carbocycles. The predicted octanol–water partition coefficient (Wildman–Crippen LogP) is 5.73. The number of likely N-dealkylation sites (N-methyl/N-ethyl adjacent to an activating group) is 1. The van der Waals surface area contributed by atoms with Gasteiger partial charge in [0.25, 0.3) is 0 Å². The minimum Gasteiger partial charge on any atom is -0.410 e. The highest BCUT2D eigenvalue weighted by molar-refractivity contribution is 6.30. The van der Waals surface area contributed by atoms with E-state index in [2.05, 4.69) is 0 Å². The molecule has 2 aromatic carbocycles. The van der Waals surface area contributed by atoms with Crippen LogP contribution in [0.3, 0.4) is 0 Å². The van der Waals surface area contributed by atoms with E-state index in [-0.39, 0.29) is 49.8 Å². The summed E-state index contributed by atoms with van der Waals surface area (Å²) in [7, 11) is 1.59. The maximum atomic E-state index is 13.6. The van der Waals surface area contributed by atoms with E-state index in [1.807, 2.05) is 12.1 Å².